The topological polar surface area (TPSA) is 10.9 Å². The fourth-order valence-corrected chi connectivity index (χ4v) is 13.0. The molecule has 69 heavy (non-hydrogen) atoms. The molecule has 0 saturated heterocycles. The fraction of sp³-hybridized carbons (Fsp3) is 0.312. The van der Waals surface area contributed by atoms with E-state index < -0.39 is 0 Å². The van der Waals surface area contributed by atoms with E-state index in [-0.39, 0.29) is 33.8 Å². The first-order chi connectivity index (χ1) is 32.4. The molecule has 12 rings (SSSR count). The highest BCUT2D eigenvalue weighted by Crippen LogP contribution is 2.56. The Kier molecular flexibility index (Phi) is 9.15. The van der Waals surface area contributed by atoms with Crippen LogP contribution in [0.4, 0.5) is 33.4 Å². The maximum absolute atomic E-state index is 2.71. The summed E-state index contributed by atoms with van der Waals surface area (Å²) < 4.78 is 3.96. The van der Waals surface area contributed by atoms with Crippen molar-refractivity contribution in [1.82, 2.24) is 4.40 Å². The molecule has 0 unspecified atom stereocenters. The molecule has 0 radical (unpaired) electrons. The van der Waals surface area contributed by atoms with Crippen molar-refractivity contribution in [1.29, 1.82) is 0 Å². The minimum absolute atomic E-state index is 0.0196. The molecule has 0 spiro atoms. The van der Waals surface area contributed by atoms with Gasteiger partial charge in [-0.2, -0.15) is 0 Å². The largest absolute Gasteiger partial charge is 0.311 e. The van der Waals surface area contributed by atoms with Gasteiger partial charge < -0.3 is 14.2 Å². The SMILES string of the molecule is CC(C)(C)c1ccc(N2c3ccc(C(C)(C)C)cc3B3c4c2c2c5cc(C(C)(C)C)ccc5n5c6ccc(C(C)(C)C)cc6c(c4N(c4ccc(C(C)(C)C)cc4)c4sc6ccccc6c43)c25)cc1. The number of fused-ring (bicyclic) bond motifs is 14. The lowest BCUT2D eigenvalue weighted by molar-refractivity contribution is 0.590. The Balaban J connectivity index is 1.36. The van der Waals surface area contributed by atoms with Gasteiger partial charge in [0.2, 0.25) is 0 Å². The van der Waals surface area contributed by atoms with Crippen LogP contribution in [0.25, 0.3) is 48.2 Å². The average molecular weight is 920 g/mol. The molecular weight excluding hydrogens is 854 g/mol. The van der Waals surface area contributed by atoms with E-state index in [1.807, 2.05) is 11.3 Å². The molecular formula is C64H66BN3S. The Morgan fingerprint density at radius 3 is 1.35 bits per heavy atom. The van der Waals surface area contributed by atoms with E-state index in [0.717, 1.165) is 0 Å². The smallest absolute Gasteiger partial charge is 0.254 e. The first-order valence-corrected chi connectivity index (χ1v) is 26.0. The average Bonchev–Trinajstić information content (AvgIpc) is 3.94. The van der Waals surface area contributed by atoms with Crippen molar-refractivity contribution in [3.8, 4) is 0 Å². The Morgan fingerprint density at radius 1 is 0.406 bits per heavy atom. The van der Waals surface area contributed by atoms with Gasteiger partial charge in [-0.1, -0.05) is 171 Å². The van der Waals surface area contributed by atoms with Gasteiger partial charge in [0.25, 0.3) is 6.71 Å². The van der Waals surface area contributed by atoms with Crippen molar-refractivity contribution < 1.29 is 0 Å². The normalized spacial score (nSPS) is 14.5. The minimum atomic E-state index is -0.0521. The van der Waals surface area contributed by atoms with Gasteiger partial charge in [-0.3, -0.25) is 0 Å². The molecule has 0 bridgehead atoms. The molecule has 0 saturated carbocycles. The van der Waals surface area contributed by atoms with E-state index in [9.17, 15) is 0 Å². The lowest BCUT2D eigenvalue weighted by Crippen LogP contribution is -2.61. The fourth-order valence-electron chi connectivity index (χ4n) is 11.7. The number of aromatic nitrogens is 1. The molecule has 346 valence electrons. The van der Waals surface area contributed by atoms with Gasteiger partial charge >= 0.3 is 0 Å². The van der Waals surface area contributed by atoms with E-state index in [1.54, 1.807) is 0 Å². The zero-order valence-electron chi connectivity index (χ0n) is 43.5. The number of nitrogens with zero attached hydrogens (tertiary/aromatic N) is 3. The molecule has 2 aliphatic heterocycles. The van der Waals surface area contributed by atoms with Gasteiger partial charge in [-0.05, 0) is 137 Å². The molecule has 7 aromatic carbocycles. The predicted molar refractivity (Wildman–Crippen MR) is 304 cm³/mol. The summed E-state index contributed by atoms with van der Waals surface area (Å²) in [5, 5.41) is 7.96. The van der Waals surface area contributed by atoms with Crippen molar-refractivity contribution in [2.24, 2.45) is 0 Å². The van der Waals surface area contributed by atoms with Crippen LogP contribution in [0.3, 0.4) is 0 Å². The van der Waals surface area contributed by atoms with E-state index >= 15 is 0 Å². The van der Waals surface area contributed by atoms with Crippen molar-refractivity contribution >= 4 is 116 Å². The zero-order chi connectivity index (χ0) is 48.6. The number of anilines is 6. The minimum Gasteiger partial charge on any atom is -0.311 e. The lowest BCUT2D eigenvalue weighted by atomic mass is 9.33. The Morgan fingerprint density at radius 2 is 0.841 bits per heavy atom. The highest BCUT2D eigenvalue weighted by molar-refractivity contribution is 7.26. The number of hydrogen-bond donors (Lipinski definition) is 0. The molecule has 3 nitrogen and oxygen atoms in total. The molecule has 3 aromatic heterocycles. The van der Waals surface area contributed by atoms with E-state index in [0.29, 0.717) is 0 Å². The molecule has 10 aromatic rings. The van der Waals surface area contributed by atoms with Crippen LogP contribution in [-0.2, 0) is 27.1 Å². The van der Waals surface area contributed by atoms with Crippen LogP contribution in [0.1, 0.15) is 132 Å². The molecule has 0 fully saturated rings. The summed E-state index contributed by atoms with van der Waals surface area (Å²) in [6.07, 6.45) is 0. The van der Waals surface area contributed by atoms with Crippen LogP contribution in [0.2, 0.25) is 0 Å². The van der Waals surface area contributed by atoms with Gasteiger partial charge in [0.1, 0.15) is 0 Å². The van der Waals surface area contributed by atoms with Gasteiger partial charge in [0.15, 0.2) is 0 Å². The highest BCUT2D eigenvalue weighted by atomic mass is 32.1. The number of thiophene rings is 1. The van der Waals surface area contributed by atoms with Crippen molar-refractivity contribution in [2.75, 3.05) is 9.80 Å². The first-order valence-electron chi connectivity index (χ1n) is 25.2. The van der Waals surface area contributed by atoms with Crippen molar-refractivity contribution in [2.45, 2.75) is 131 Å². The van der Waals surface area contributed by atoms with Crippen LogP contribution in [0.5, 0.6) is 0 Å². The van der Waals surface area contributed by atoms with Crippen LogP contribution >= 0.6 is 11.3 Å². The maximum Gasteiger partial charge on any atom is 0.254 e. The van der Waals surface area contributed by atoms with Crippen molar-refractivity contribution in [3.05, 3.63) is 155 Å². The molecule has 0 amide bonds. The zero-order valence-corrected chi connectivity index (χ0v) is 44.3. The number of hydrogen-bond acceptors (Lipinski definition) is 3. The Bertz CT molecular complexity index is 3740. The number of rotatable bonds is 2. The van der Waals surface area contributed by atoms with Crippen LogP contribution in [0, 0.1) is 0 Å². The molecule has 5 heteroatoms. The van der Waals surface area contributed by atoms with Crippen LogP contribution < -0.4 is 26.2 Å². The predicted octanol–water partition coefficient (Wildman–Crippen LogP) is 16.6. The summed E-state index contributed by atoms with van der Waals surface area (Å²) in [6, 6.07) is 50.5. The molecule has 0 N–H and O–H groups in total. The van der Waals surface area contributed by atoms with Gasteiger partial charge in [0.05, 0.1) is 32.9 Å². The second-order valence-electron chi connectivity index (χ2n) is 25.5. The summed E-state index contributed by atoms with van der Waals surface area (Å²) in [7, 11) is 0. The van der Waals surface area contributed by atoms with Crippen LogP contribution in [-0.4, -0.2) is 11.1 Å². The van der Waals surface area contributed by atoms with E-state index in [1.165, 1.54) is 126 Å². The van der Waals surface area contributed by atoms with E-state index in [2.05, 4.69) is 245 Å². The quantitative estimate of drug-likeness (QED) is 0.160. The molecule has 2 aliphatic rings. The summed E-state index contributed by atoms with van der Waals surface area (Å²) in [6.45, 7) is 35.1. The third-order valence-corrected chi connectivity index (χ3v) is 16.9. The Hall–Kier alpha value is -6.04. The maximum atomic E-state index is 2.71. The van der Waals surface area contributed by atoms with Crippen LogP contribution in [0.15, 0.2) is 127 Å². The first kappa shape index (κ1) is 44.2. The molecule has 0 aliphatic carbocycles. The van der Waals surface area contributed by atoms with Gasteiger partial charge in [-0.25, -0.2) is 0 Å². The molecule has 0 atom stereocenters. The second-order valence-corrected chi connectivity index (χ2v) is 26.6. The molecule has 5 heterocycles. The van der Waals surface area contributed by atoms with Gasteiger partial charge in [-0.15, -0.1) is 11.3 Å². The number of benzene rings is 7. The van der Waals surface area contributed by atoms with E-state index in [4.69, 9.17) is 0 Å². The van der Waals surface area contributed by atoms with Gasteiger partial charge in [0, 0.05) is 43.3 Å². The summed E-state index contributed by atoms with van der Waals surface area (Å²) in [4.78, 5) is 5.39. The lowest BCUT2D eigenvalue weighted by Gasteiger charge is -2.44. The monoisotopic (exact) mass is 920 g/mol. The third-order valence-electron chi connectivity index (χ3n) is 15.7. The summed E-state index contributed by atoms with van der Waals surface area (Å²) in [5.41, 5.74) is 20.9. The summed E-state index contributed by atoms with van der Waals surface area (Å²) in [5.74, 6) is 0. The summed E-state index contributed by atoms with van der Waals surface area (Å²) >= 11 is 1.96. The Labute approximate surface area is 414 Å². The second kappa shape index (κ2) is 14.3. The standard InChI is InChI=1S/C64H66BN3S/c1-60(2,3)37-20-27-42(28-21-37)66-50-33-26-41(64(13,14)15)36-47(50)65-54-44-18-16-17-19-51(44)69-59(54)67(43-29-22-38(23-30-43)61(4,5)6)58-53-46-35-40(63(10,11)12)25-32-49(46)68-48-31-24-39(62(7,8)9)34-45(48)52(56(53)68)57(66)55(58)65/h16-36H,1-15H3. The van der Waals surface area contributed by atoms with Crippen molar-refractivity contribution in [3.63, 3.8) is 0 Å². The third kappa shape index (κ3) is 6.44. The highest BCUT2D eigenvalue weighted by Gasteiger charge is 2.48.